The van der Waals surface area contributed by atoms with Gasteiger partial charge >= 0.3 is 5.97 Å². The molecule has 0 aliphatic rings. The Kier molecular flexibility index (Phi) is 5.66. The molecule has 2 rings (SSSR count). The summed E-state index contributed by atoms with van der Waals surface area (Å²) in [4.78, 5) is 15.5. The second-order valence-electron chi connectivity index (χ2n) is 4.58. The summed E-state index contributed by atoms with van der Waals surface area (Å²) in [6.07, 6.45) is 2.74. The second-order valence-corrected chi connectivity index (χ2v) is 4.58. The minimum Gasteiger partial charge on any atom is -0.466 e. The van der Waals surface area contributed by atoms with Gasteiger partial charge in [0.15, 0.2) is 11.7 Å². The Balaban J connectivity index is 1.84. The molecule has 1 aromatic heterocycles. The van der Waals surface area contributed by atoms with Gasteiger partial charge in [-0.25, -0.2) is 9.37 Å². The lowest BCUT2D eigenvalue weighted by Gasteiger charge is -2.01. The number of rotatable bonds is 7. The number of oxazole rings is 1. The molecule has 0 aliphatic heterocycles. The maximum Gasteiger partial charge on any atom is 0.306 e. The first kappa shape index (κ1) is 15.7. The molecular weight excluding hydrogens is 287 g/mol. The monoisotopic (exact) mass is 302 g/mol. The standard InChI is InChI=1S/C16H15FN2O3/c17-13-6-2-1-5-12(13)14-11-19-15(22-14)7-8-16(20)21-10-4-3-9-18/h1-2,5-6,11H,3-4,7-8,10H2. The number of hydrogen-bond acceptors (Lipinski definition) is 5. The van der Waals surface area contributed by atoms with Crippen LogP contribution < -0.4 is 0 Å². The largest absolute Gasteiger partial charge is 0.466 e. The molecule has 1 aromatic carbocycles. The number of benzene rings is 1. The third-order valence-electron chi connectivity index (χ3n) is 2.93. The number of carbonyl (C=O) groups is 1. The summed E-state index contributed by atoms with van der Waals surface area (Å²) in [6.45, 7) is 0.235. The predicted molar refractivity (Wildman–Crippen MR) is 76.0 cm³/mol. The molecule has 0 saturated heterocycles. The molecule has 5 nitrogen and oxygen atoms in total. The third kappa shape index (κ3) is 4.42. The van der Waals surface area contributed by atoms with Crippen molar-refractivity contribution in [1.29, 1.82) is 5.26 Å². The van der Waals surface area contributed by atoms with E-state index in [-0.39, 0.29) is 31.2 Å². The first-order valence-electron chi connectivity index (χ1n) is 6.93. The van der Waals surface area contributed by atoms with E-state index in [1.54, 1.807) is 18.2 Å². The van der Waals surface area contributed by atoms with Crippen LogP contribution in [-0.4, -0.2) is 17.6 Å². The van der Waals surface area contributed by atoms with Gasteiger partial charge in [-0.1, -0.05) is 12.1 Å². The van der Waals surface area contributed by atoms with Crippen LogP contribution in [-0.2, 0) is 16.0 Å². The van der Waals surface area contributed by atoms with Crippen molar-refractivity contribution in [3.63, 3.8) is 0 Å². The molecule has 0 unspecified atom stereocenters. The molecule has 2 aromatic rings. The predicted octanol–water partition coefficient (Wildman–Crippen LogP) is 3.26. The zero-order valence-corrected chi connectivity index (χ0v) is 11.9. The molecule has 0 atom stereocenters. The Morgan fingerprint density at radius 1 is 1.41 bits per heavy atom. The van der Waals surface area contributed by atoms with E-state index in [2.05, 4.69) is 4.98 Å². The van der Waals surface area contributed by atoms with Gasteiger partial charge in [-0.15, -0.1) is 0 Å². The van der Waals surface area contributed by atoms with Gasteiger partial charge in [-0.2, -0.15) is 5.26 Å². The fourth-order valence-electron chi connectivity index (χ4n) is 1.83. The van der Waals surface area contributed by atoms with Crippen molar-refractivity contribution in [3.05, 3.63) is 42.2 Å². The number of halogens is 1. The van der Waals surface area contributed by atoms with E-state index in [9.17, 15) is 9.18 Å². The highest BCUT2D eigenvalue weighted by Gasteiger charge is 2.12. The van der Waals surface area contributed by atoms with Gasteiger partial charge in [0, 0.05) is 12.8 Å². The molecule has 0 radical (unpaired) electrons. The average molecular weight is 302 g/mol. The Hall–Kier alpha value is -2.68. The summed E-state index contributed by atoms with van der Waals surface area (Å²) in [6, 6.07) is 8.22. The molecule has 1 heterocycles. The molecule has 0 N–H and O–H groups in total. The number of carbonyl (C=O) groups excluding carboxylic acids is 1. The van der Waals surface area contributed by atoms with E-state index in [1.807, 2.05) is 6.07 Å². The van der Waals surface area contributed by atoms with Crippen LogP contribution in [0.15, 0.2) is 34.9 Å². The Morgan fingerprint density at radius 3 is 3.00 bits per heavy atom. The van der Waals surface area contributed by atoms with Crippen molar-refractivity contribution < 1.29 is 18.3 Å². The number of nitrogens with zero attached hydrogens (tertiary/aromatic N) is 2. The smallest absolute Gasteiger partial charge is 0.306 e. The number of unbranched alkanes of at least 4 members (excludes halogenated alkanes) is 1. The second kappa shape index (κ2) is 7.93. The first-order valence-corrected chi connectivity index (χ1v) is 6.93. The summed E-state index contributed by atoms with van der Waals surface area (Å²) in [7, 11) is 0. The number of esters is 1. The van der Waals surface area contributed by atoms with Crippen LogP contribution in [0.5, 0.6) is 0 Å². The number of aryl methyl sites for hydroxylation is 1. The number of nitriles is 1. The Labute approximate surface area is 127 Å². The lowest BCUT2D eigenvalue weighted by molar-refractivity contribution is -0.143. The third-order valence-corrected chi connectivity index (χ3v) is 2.93. The summed E-state index contributed by atoms with van der Waals surface area (Å²) >= 11 is 0. The van der Waals surface area contributed by atoms with E-state index in [1.165, 1.54) is 12.3 Å². The highest BCUT2D eigenvalue weighted by molar-refractivity contribution is 5.69. The minimum absolute atomic E-state index is 0.129. The summed E-state index contributed by atoms with van der Waals surface area (Å²) in [5.74, 6) is -0.0756. The highest BCUT2D eigenvalue weighted by Crippen LogP contribution is 2.23. The molecule has 6 heteroatoms. The van der Waals surface area contributed by atoms with Crippen LogP contribution in [0.3, 0.4) is 0 Å². The summed E-state index contributed by atoms with van der Waals surface area (Å²) in [5.41, 5.74) is 0.334. The van der Waals surface area contributed by atoms with Crippen LogP contribution in [0.25, 0.3) is 11.3 Å². The maximum absolute atomic E-state index is 13.6. The number of hydrogen-bond donors (Lipinski definition) is 0. The number of aromatic nitrogens is 1. The quantitative estimate of drug-likeness (QED) is 0.579. The van der Waals surface area contributed by atoms with Crippen molar-refractivity contribution in [2.24, 2.45) is 0 Å². The van der Waals surface area contributed by atoms with E-state index in [4.69, 9.17) is 14.4 Å². The van der Waals surface area contributed by atoms with E-state index in [0.29, 0.717) is 30.1 Å². The van der Waals surface area contributed by atoms with Crippen LogP contribution in [0.1, 0.15) is 25.2 Å². The zero-order valence-electron chi connectivity index (χ0n) is 11.9. The molecule has 0 fully saturated rings. The molecule has 0 amide bonds. The maximum atomic E-state index is 13.6. The lowest BCUT2D eigenvalue weighted by Crippen LogP contribution is -2.07. The van der Waals surface area contributed by atoms with Crippen LogP contribution in [0.4, 0.5) is 4.39 Å². The normalized spacial score (nSPS) is 10.2. The highest BCUT2D eigenvalue weighted by atomic mass is 19.1. The number of ether oxygens (including phenoxy) is 1. The minimum atomic E-state index is -0.387. The first-order chi connectivity index (χ1) is 10.7. The van der Waals surface area contributed by atoms with Crippen molar-refractivity contribution in [2.45, 2.75) is 25.7 Å². The SMILES string of the molecule is N#CCCCOC(=O)CCc1ncc(-c2ccccc2F)o1. The van der Waals surface area contributed by atoms with Gasteiger partial charge in [0.05, 0.1) is 30.9 Å². The van der Waals surface area contributed by atoms with Gasteiger partial charge in [0.1, 0.15) is 5.82 Å². The van der Waals surface area contributed by atoms with Crippen molar-refractivity contribution in [2.75, 3.05) is 6.61 Å². The van der Waals surface area contributed by atoms with Gasteiger partial charge in [-0.3, -0.25) is 4.79 Å². The molecular formula is C16H15FN2O3. The van der Waals surface area contributed by atoms with Gasteiger partial charge in [-0.05, 0) is 18.6 Å². The van der Waals surface area contributed by atoms with Crippen LogP contribution in [0, 0.1) is 17.1 Å². The topological polar surface area (TPSA) is 76.1 Å². The van der Waals surface area contributed by atoms with Crippen LogP contribution in [0.2, 0.25) is 0 Å². The van der Waals surface area contributed by atoms with Gasteiger partial charge in [0.2, 0.25) is 0 Å². The molecule has 0 aliphatic carbocycles. The molecule has 0 bridgehead atoms. The van der Waals surface area contributed by atoms with Crippen molar-refractivity contribution >= 4 is 5.97 Å². The van der Waals surface area contributed by atoms with Crippen LogP contribution >= 0.6 is 0 Å². The Bertz CT molecular complexity index is 676. The Morgan fingerprint density at radius 2 is 2.23 bits per heavy atom. The summed E-state index contributed by atoms with van der Waals surface area (Å²) in [5, 5.41) is 8.36. The van der Waals surface area contributed by atoms with Gasteiger partial charge < -0.3 is 9.15 Å². The molecule has 0 spiro atoms. The molecule has 114 valence electrons. The molecule has 22 heavy (non-hydrogen) atoms. The van der Waals surface area contributed by atoms with E-state index < -0.39 is 0 Å². The lowest BCUT2D eigenvalue weighted by atomic mass is 10.2. The fourth-order valence-corrected chi connectivity index (χ4v) is 1.83. The van der Waals surface area contributed by atoms with Gasteiger partial charge in [0.25, 0.3) is 0 Å². The van der Waals surface area contributed by atoms with E-state index in [0.717, 1.165) is 0 Å². The van der Waals surface area contributed by atoms with E-state index >= 15 is 0 Å². The zero-order chi connectivity index (χ0) is 15.8. The molecule has 0 saturated carbocycles. The summed E-state index contributed by atoms with van der Waals surface area (Å²) < 4.78 is 24.0. The van der Waals surface area contributed by atoms with Crippen molar-refractivity contribution in [1.82, 2.24) is 4.98 Å². The fraction of sp³-hybridized carbons (Fsp3) is 0.312. The van der Waals surface area contributed by atoms with Crippen molar-refractivity contribution in [3.8, 4) is 17.4 Å². The average Bonchev–Trinajstić information content (AvgIpc) is 2.99.